The van der Waals surface area contributed by atoms with Gasteiger partial charge in [0.15, 0.2) is 0 Å². The molecule has 0 aliphatic carbocycles. The number of halogens is 1. The van der Waals surface area contributed by atoms with Gasteiger partial charge in [0.05, 0.1) is 5.56 Å². The minimum Gasteiger partial charge on any atom is -0.478 e. The number of fused-ring (bicyclic) bond motifs is 1. The zero-order valence-corrected chi connectivity index (χ0v) is 7.82. The minimum atomic E-state index is -0.983. The van der Waals surface area contributed by atoms with Crippen molar-refractivity contribution < 1.29 is 9.90 Å². The third-order valence-electron chi connectivity index (χ3n) is 1.95. The third-order valence-corrected chi connectivity index (χ3v) is 2.17. The van der Waals surface area contributed by atoms with E-state index in [4.69, 9.17) is 16.7 Å². The van der Waals surface area contributed by atoms with Gasteiger partial charge in [-0.15, -0.1) is 0 Å². The highest BCUT2D eigenvalue weighted by molar-refractivity contribution is 6.32. The summed E-state index contributed by atoms with van der Waals surface area (Å²) >= 11 is 5.78. The lowest BCUT2D eigenvalue weighted by molar-refractivity contribution is 0.0699. The molecule has 1 heterocycles. The molecule has 0 saturated heterocycles. The molecule has 0 radical (unpaired) electrons. The van der Waals surface area contributed by atoms with E-state index in [0.717, 1.165) is 5.39 Å². The summed E-state index contributed by atoms with van der Waals surface area (Å²) in [7, 11) is 0. The van der Waals surface area contributed by atoms with Crippen LogP contribution in [0, 0.1) is 0 Å². The van der Waals surface area contributed by atoms with Crippen molar-refractivity contribution in [3.05, 3.63) is 41.2 Å². The minimum absolute atomic E-state index is 0.204. The highest BCUT2D eigenvalue weighted by atomic mass is 35.5. The van der Waals surface area contributed by atoms with Crippen molar-refractivity contribution >= 4 is 28.3 Å². The van der Waals surface area contributed by atoms with Crippen LogP contribution in [-0.4, -0.2) is 16.1 Å². The van der Waals surface area contributed by atoms with E-state index < -0.39 is 5.97 Å². The Kier molecular flexibility index (Phi) is 2.09. The Bertz CT molecular complexity index is 510. The fourth-order valence-electron chi connectivity index (χ4n) is 1.35. The van der Waals surface area contributed by atoms with E-state index in [1.807, 2.05) is 0 Å². The molecule has 3 nitrogen and oxygen atoms in total. The van der Waals surface area contributed by atoms with Crippen LogP contribution in [0.25, 0.3) is 10.8 Å². The van der Waals surface area contributed by atoms with Crippen molar-refractivity contribution in [3.8, 4) is 0 Å². The number of benzene rings is 1. The Morgan fingerprint density at radius 3 is 2.93 bits per heavy atom. The van der Waals surface area contributed by atoms with Gasteiger partial charge in [-0.2, -0.15) is 0 Å². The fraction of sp³-hybridized carbons (Fsp3) is 0. The van der Waals surface area contributed by atoms with Crippen LogP contribution in [0.2, 0.25) is 5.02 Å². The molecule has 2 rings (SSSR count). The fourth-order valence-corrected chi connectivity index (χ4v) is 1.58. The first-order valence-electron chi connectivity index (χ1n) is 3.95. The lowest BCUT2D eigenvalue weighted by atomic mass is 10.1. The summed E-state index contributed by atoms with van der Waals surface area (Å²) in [6.07, 6.45) is 3.15. The van der Waals surface area contributed by atoms with Crippen LogP contribution in [0.4, 0.5) is 0 Å². The standard InChI is InChI=1S/C10H6ClNO2/c11-7-3-6-5-12-2-1-8(6)9(4-7)10(13)14/h1-5H,(H,13,14). The number of carboxylic acid groups (broad SMARTS) is 1. The van der Waals surface area contributed by atoms with Crippen LogP contribution in [0.1, 0.15) is 10.4 Å². The van der Waals surface area contributed by atoms with E-state index in [-0.39, 0.29) is 5.56 Å². The first kappa shape index (κ1) is 8.97. The Morgan fingerprint density at radius 1 is 1.43 bits per heavy atom. The summed E-state index contributed by atoms with van der Waals surface area (Å²) in [5, 5.41) is 10.7. The van der Waals surface area contributed by atoms with Gasteiger partial charge in [-0.05, 0) is 23.6 Å². The molecule has 0 unspecified atom stereocenters. The molecule has 4 heteroatoms. The summed E-state index contributed by atoms with van der Waals surface area (Å²) in [4.78, 5) is 14.8. The van der Waals surface area contributed by atoms with Gasteiger partial charge in [0, 0.05) is 22.8 Å². The maximum absolute atomic E-state index is 10.9. The first-order chi connectivity index (χ1) is 6.68. The lowest BCUT2D eigenvalue weighted by Gasteiger charge is -2.02. The maximum atomic E-state index is 10.9. The summed E-state index contributed by atoms with van der Waals surface area (Å²) in [5.41, 5.74) is 0.204. The Morgan fingerprint density at radius 2 is 2.21 bits per heavy atom. The van der Waals surface area contributed by atoms with E-state index in [1.54, 1.807) is 24.5 Å². The molecule has 0 aliphatic heterocycles. The van der Waals surface area contributed by atoms with Crippen LogP contribution >= 0.6 is 11.6 Å². The molecule has 0 aliphatic rings. The highest BCUT2D eigenvalue weighted by Gasteiger charge is 2.09. The van der Waals surface area contributed by atoms with E-state index in [2.05, 4.69) is 4.98 Å². The average molecular weight is 208 g/mol. The number of hydrogen-bond donors (Lipinski definition) is 1. The number of hydrogen-bond acceptors (Lipinski definition) is 2. The van der Waals surface area contributed by atoms with E-state index in [9.17, 15) is 4.79 Å². The van der Waals surface area contributed by atoms with Crippen molar-refractivity contribution in [3.63, 3.8) is 0 Å². The lowest BCUT2D eigenvalue weighted by Crippen LogP contribution is -1.97. The van der Waals surface area contributed by atoms with Gasteiger partial charge < -0.3 is 5.11 Å². The number of carbonyl (C=O) groups is 1. The second kappa shape index (κ2) is 3.27. The summed E-state index contributed by atoms with van der Waals surface area (Å²) in [6.45, 7) is 0. The number of nitrogens with zero attached hydrogens (tertiary/aromatic N) is 1. The van der Waals surface area contributed by atoms with Crippen LogP contribution < -0.4 is 0 Å². The molecule has 0 spiro atoms. The van der Waals surface area contributed by atoms with Gasteiger partial charge in [-0.1, -0.05) is 11.6 Å². The van der Waals surface area contributed by atoms with Crippen molar-refractivity contribution in [2.75, 3.05) is 0 Å². The largest absolute Gasteiger partial charge is 0.478 e. The molecular formula is C10H6ClNO2. The summed E-state index contributed by atoms with van der Waals surface area (Å²) < 4.78 is 0. The van der Waals surface area contributed by atoms with Crippen molar-refractivity contribution in [2.45, 2.75) is 0 Å². The normalized spacial score (nSPS) is 10.4. The quantitative estimate of drug-likeness (QED) is 0.782. The van der Waals surface area contributed by atoms with E-state index >= 15 is 0 Å². The maximum Gasteiger partial charge on any atom is 0.336 e. The van der Waals surface area contributed by atoms with Gasteiger partial charge >= 0.3 is 5.97 Å². The molecule has 0 bridgehead atoms. The van der Waals surface area contributed by atoms with Gasteiger partial charge in [0.2, 0.25) is 0 Å². The van der Waals surface area contributed by atoms with Gasteiger partial charge in [0.1, 0.15) is 0 Å². The predicted molar refractivity (Wildman–Crippen MR) is 53.7 cm³/mol. The predicted octanol–water partition coefficient (Wildman–Crippen LogP) is 2.59. The van der Waals surface area contributed by atoms with Crippen LogP contribution in [0.15, 0.2) is 30.6 Å². The summed E-state index contributed by atoms with van der Waals surface area (Å²) in [5.74, 6) is -0.983. The molecule has 1 aromatic carbocycles. The van der Waals surface area contributed by atoms with Crippen molar-refractivity contribution in [1.29, 1.82) is 0 Å². The molecule has 0 atom stereocenters. The third kappa shape index (κ3) is 1.42. The second-order valence-corrected chi connectivity index (χ2v) is 3.29. The molecule has 0 amide bonds. The van der Waals surface area contributed by atoms with Gasteiger partial charge in [-0.3, -0.25) is 4.98 Å². The molecule has 0 fully saturated rings. The highest BCUT2D eigenvalue weighted by Crippen LogP contribution is 2.22. The number of pyridine rings is 1. The van der Waals surface area contributed by atoms with Crippen molar-refractivity contribution in [1.82, 2.24) is 4.98 Å². The first-order valence-corrected chi connectivity index (χ1v) is 4.33. The zero-order valence-electron chi connectivity index (χ0n) is 7.07. The van der Waals surface area contributed by atoms with Gasteiger partial charge in [-0.25, -0.2) is 4.79 Å². The van der Waals surface area contributed by atoms with E-state index in [0.29, 0.717) is 10.4 Å². The molecule has 0 saturated carbocycles. The number of aromatic nitrogens is 1. The summed E-state index contributed by atoms with van der Waals surface area (Å²) in [6, 6.07) is 4.79. The van der Waals surface area contributed by atoms with Crippen LogP contribution in [-0.2, 0) is 0 Å². The Labute approximate surface area is 85.0 Å². The topological polar surface area (TPSA) is 50.2 Å². The SMILES string of the molecule is O=C(O)c1cc(Cl)cc2cnccc12. The molecule has 1 N–H and O–H groups in total. The number of rotatable bonds is 1. The second-order valence-electron chi connectivity index (χ2n) is 2.86. The molecule has 2 aromatic rings. The Balaban J connectivity index is 2.87. The van der Waals surface area contributed by atoms with Crippen LogP contribution in [0.3, 0.4) is 0 Å². The van der Waals surface area contributed by atoms with E-state index in [1.165, 1.54) is 6.07 Å². The average Bonchev–Trinajstić information content (AvgIpc) is 2.16. The monoisotopic (exact) mass is 207 g/mol. The molecule has 1 aromatic heterocycles. The van der Waals surface area contributed by atoms with Crippen molar-refractivity contribution in [2.24, 2.45) is 0 Å². The van der Waals surface area contributed by atoms with Gasteiger partial charge in [0.25, 0.3) is 0 Å². The molecule has 14 heavy (non-hydrogen) atoms. The number of aromatic carboxylic acids is 1. The smallest absolute Gasteiger partial charge is 0.336 e. The molecule has 70 valence electrons. The Hall–Kier alpha value is -1.61. The number of carboxylic acids is 1. The molecular weight excluding hydrogens is 202 g/mol. The zero-order chi connectivity index (χ0) is 10.1. The van der Waals surface area contributed by atoms with Crippen LogP contribution in [0.5, 0.6) is 0 Å².